The topological polar surface area (TPSA) is 114 Å². The second-order valence-corrected chi connectivity index (χ2v) is 15.0. The number of rotatable bonds is 11. The molecule has 0 bridgehead atoms. The Labute approximate surface area is 299 Å². The molecule has 250 valence electrons. The molecule has 0 spiro atoms. The van der Waals surface area contributed by atoms with Gasteiger partial charge in [-0.1, -0.05) is 71.2 Å². The van der Waals surface area contributed by atoms with Crippen LogP contribution in [0.1, 0.15) is 75.0 Å². The zero-order valence-electron chi connectivity index (χ0n) is 28.6. The summed E-state index contributed by atoms with van der Waals surface area (Å²) in [5.41, 5.74) is 5.31. The van der Waals surface area contributed by atoms with E-state index < -0.39 is 0 Å². The van der Waals surface area contributed by atoms with Crippen LogP contribution in [-0.2, 0) is 0 Å². The summed E-state index contributed by atoms with van der Waals surface area (Å²) >= 11 is 3.00. The van der Waals surface area contributed by atoms with Gasteiger partial charge in [-0.15, -0.1) is 22.7 Å². The van der Waals surface area contributed by atoms with Gasteiger partial charge >= 0.3 is 0 Å². The molecule has 9 heteroatoms. The molecule has 0 aliphatic rings. The lowest BCUT2D eigenvalue weighted by Gasteiger charge is -2.15. The number of hydrogen-bond acceptors (Lipinski definition) is 7. The smallest absolute Gasteiger partial charge is 0.137 e. The second-order valence-electron chi connectivity index (χ2n) is 12.9. The Morgan fingerprint density at radius 3 is 1.88 bits per heavy atom. The number of H-pyrrole nitrogens is 2. The third kappa shape index (κ3) is 6.20. The summed E-state index contributed by atoms with van der Waals surface area (Å²) in [4.78, 5) is 17.1. The van der Waals surface area contributed by atoms with E-state index in [-0.39, 0.29) is 5.92 Å². The van der Waals surface area contributed by atoms with Crippen LogP contribution >= 0.6 is 22.7 Å². The van der Waals surface area contributed by atoms with E-state index in [1.54, 1.807) is 0 Å². The van der Waals surface area contributed by atoms with Crippen molar-refractivity contribution >= 4 is 65.0 Å². The number of aromatic amines is 2. The van der Waals surface area contributed by atoms with Crippen molar-refractivity contribution in [3.05, 3.63) is 99.2 Å². The number of hydrogen-bond donors (Lipinski definition) is 2. The van der Waals surface area contributed by atoms with Crippen LogP contribution in [0.3, 0.4) is 0 Å². The van der Waals surface area contributed by atoms with Crippen LogP contribution in [0.2, 0.25) is 0 Å². The van der Waals surface area contributed by atoms with E-state index in [2.05, 4.69) is 61.9 Å². The van der Waals surface area contributed by atoms with E-state index in [1.165, 1.54) is 41.9 Å². The van der Waals surface area contributed by atoms with E-state index in [0.29, 0.717) is 44.4 Å². The predicted octanol–water partition coefficient (Wildman–Crippen LogP) is 9.55. The summed E-state index contributed by atoms with van der Waals surface area (Å²) in [7, 11) is 0. The molecule has 0 aliphatic heterocycles. The molecule has 4 heterocycles. The van der Waals surface area contributed by atoms with Gasteiger partial charge in [-0.3, -0.25) is 0 Å². The van der Waals surface area contributed by atoms with Crippen LogP contribution in [0.5, 0.6) is 5.75 Å². The Balaban J connectivity index is 1.48. The molecule has 0 amide bonds. The zero-order chi connectivity index (χ0) is 34.8. The van der Waals surface area contributed by atoms with Gasteiger partial charge in [0, 0.05) is 16.5 Å². The van der Waals surface area contributed by atoms with Crippen molar-refractivity contribution in [3.63, 3.8) is 0 Å². The van der Waals surface area contributed by atoms with Crippen LogP contribution in [0.25, 0.3) is 53.6 Å². The number of ether oxygens (including phenoxy) is 1. The lowest BCUT2D eigenvalue weighted by Crippen LogP contribution is -2.12. The first kappa shape index (κ1) is 33.3. The standard InChI is InChI=1S/C41H38N6OS2/c1-5-7-12-25(6-2)23-48-27-19-17-26(18-20-27)37-35-34(38(47-37)28(21-42)40-44-30-13-8-10-15-32(30)49-40)36(24(3)4)46-39(35)29(22-43)41-45-31-14-9-11-16-33(31)50-41/h8-11,13-20,24-25,46-47H,5-7,12,23H2,1-4H3/b38-28-,39-29-. The molecule has 3 aromatic carbocycles. The van der Waals surface area contributed by atoms with Crippen LogP contribution in [0.4, 0.5) is 0 Å². The highest BCUT2D eigenvalue weighted by atomic mass is 32.1. The van der Waals surface area contributed by atoms with Crippen molar-refractivity contribution in [2.75, 3.05) is 6.61 Å². The van der Waals surface area contributed by atoms with Gasteiger partial charge in [0.15, 0.2) is 0 Å². The van der Waals surface area contributed by atoms with Crippen molar-refractivity contribution < 1.29 is 4.74 Å². The Morgan fingerprint density at radius 1 is 0.780 bits per heavy atom. The molecule has 1 unspecified atom stereocenters. The minimum absolute atomic E-state index is 0.0641. The largest absolute Gasteiger partial charge is 0.493 e. The van der Waals surface area contributed by atoms with Gasteiger partial charge in [0.25, 0.3) is 0 Å². The van der Waals surface area contributed by atoms with E-state index in [1.807, 2.05) is 60.7 Å². The van der Waals surface area contributed by atoms with Crippen LogP contribution < -0.4 is 15.4 Å². The number of nitriles is 2. The second kappa shape index (κ2) is 14.3. The maximum Gasteiger partial charge on any atom is 0.137 e. The van der Waals surface area contributed by atoms with Gasteiger partial charge in [-0.2, -0.15) is 10.5 Å². The number of unbranched alkanes of at least 4 members (excludes halogenated alkanes) is 1. The average Bonchev–Trinajstić information content (AvgIpc) is 3.92. The summed E-state index contributed by atoms with van der Waals surface area (Å²) in [6.45, 7) is 9.38. The molecule has 0 fully saturated rings. The van der Waals surface area contributed by atoms with Crippen molar-refractivity contribution in [1.29, 1.82) is 10.5 Å². The number of benzene rings is 3. The maximum absolute atomic E-state index is 10.7. The maximum atomic E-state index is 10.7. The number of nitrogens with one attached hydrogen (secondary N) is 2. The van der Waals surface area contributed by atoms with Gasteiger partial charge in [0.1, 0.15) is 39.0 Å². The first-order valence-corrected chi connectivity index (χ1v) is 18.8. The van der Waals surface area contributed by atoms with E-state index in [4.69, 9.17) is 14.7 Å². The first-order valence-electron chi connectivity index (χ1n) is 17.2. The first-order chi connectivity index (χ1) is 24.4. The number of para-hydroxylation sites is 2. The number of thiazole rings is 2. The van der Waals surface area contributed by atoms with E-state index in [9.17, 15) is 10.5 Å². The minimum atomic E-state index is 0.0641. The molecule has 0 saturated heterocycles. The van der Waals surface area contributed by atoms with Gasteiger partial charge in [-0.25, -0.2) is 9.97 Å². The fourth-order valence-corrected chi connectivity index (χ4v) is 8.45. The average molecular weight is 695 g/mol. The van der Waals surface area contributed by atoms with E-state index >= 15 is 0 Å². The predicted molar refractivity (Wildman–Crippen MR) is 206 cm³/mol. The third-order valence-corrected chi connectivity index (χ3v) is 11.4. The minimum Gasteiger partial charge on any atom is -0.493 e. The highest BCUT2D eigenvalue weighted by Crippen LogP contribution is 2.33. The molecule has 0 saturated carbocycles. The Kier molecular flexibility index (Phi) is 9.54. The molecule has 7 nitrogen and oxygen atoms in total. The van der Waals surface area contributed by atoms with Gasteiger partial charge < -0.3 is 14.7 Å². The number of aromatic nitrogens is 4. The Hall–Kier alpha value is -5.22. The van der Waals surface area contributed by atoms with Gasteiger partial charge in [0.2, 0.25) is 0 Å². The monoisotopic (exact) mass is 694 g/mol. The SMILES string of the molecule is CCCCC(CC)COc1ccc(-c2[nH]/c(=C(/C#N)c3nc4ccccc4s3)c3c(C(C)C)[nH]/c(=C(/C#N)c4nc5ccccc5s4)c23)cc1. The molecule has 4 aromatic heterocycles. The lowest BCUT2D eigenvalue weighted by molar-refractivity contribution is 0.233. The van der Waals surface area contributed by atoms with Gasteiger partial charge in [0.05, 0.1) is 43.4 Å². The third-order valence-electron chi connectivity index (χ3n) is 9.27. The summed E-state index contributed by atoms with van der Waals surface area (Å²) in [6.07, 6.45) is 4.65. The molecule has 0 radical (unpaired) electrons. The number of fused-ring (bicyclic) bond motifs is 3. The van der Waals surface area contributed by atoms with Crippen molar-refractivity contribution in [3.8, 4) is 29.1 Å². The Bertz CT molecular complexity index is 2370. The molecule has 0 aliphatic carbocycles. The zero-order valence-corrected chi connectivity index (χ0v) is 30.3. The van der Waals surface area contributed by atoms with Crippen molar-refractivity contribution in [1.82, 2.24) is 19.9 Å². The molecule has 1 atom stereocenters. The van der Waals surface area contributed by atoms with Crippen LogP contribution in [0.15, 0.2) is 72.8 Å². The summed E-state index contributed by atoms with van der Waals surface area (Å²) < 4.78 is 8.29. The molecule has 7 rings (SSSR count). The Morgan fingerprint density at radius 2 is 1.36 bits per heavy atom. The lowest BCUT2D eigenvalue weighted by atomic mass is 10.0. The highest BCUT2D eigenvalue weighted by Gasteiger charge is 2.24. The highest BCUT2D eigenvalue weighted by molar-refractivity contribution is 7.20. The number of nitrogens with zero attached hydrogens (tertiary/aromatic N) is 4. The van der Waals surface area contributed by atoms with Crippen LogP contribution in [-0.4, -0.2) is 26.5 Å². The molecule has 7 aromatic rings. The van der Waals surface area contributed by atoms with E-state index in [0.717, 1.165) is 60.3 Å². The summed E-state index contributed by atoms with van der Waals surface area (Å²) in [5, 5.41) is 25.9. The summed E-state index contributed by atoms with van der Waals surface area (Å²) in [5.74, 6) is 1.41. The fourth-order valence-electron chi connectivity index (χ4n) is 6.51. The normalized spacial score (nSPS) is 13.5. The van der Waals surface area contributed by atoms with Crippen molar-refractivity contribution in [2.45, 2.75) is 59.3 Å². The molecular formula is C41H38N6OS2. The van der Waals surface area contributed by atoms with Crippen molar-refractivity contribution in [2.24, 2.45) is 5.92 Å². The van der Waals surface area contributed by atoms with Gasteiger partial charge in [-0.05, 0) is 72.4 Å². The molecule has 50 heavy (non-hydrogen) atoms. The molecular weight excluding hydrogens is 657 g/mol. The molecule has 2 N–H and O–H groups in total. The quantitative estimate of drug-likeness (QED) is 0.140. The van der Waals surface area contributed by atoms with Crippen LogP contribution in [0, 0.1) is 28.6 Å². The summed E-state index contributed by atoms with van der Waals surface area (Å²) in [6, 6.07) is 29.0. The fraction of sp³-hybridized carbons (Fsp3) is 0.268.